The van der Waals surface area contributed by atoms with Gasteiger partial charge in [-0.05, 0) is 37.9 Å². The second kappa shape index (κ2) is 5.40. The minimum Gasteiger partial charge on any atom is -0.302 e. The van der Waals surface area contributed by atoms with Crippen LogP contribution in [0.15, 0.2) is 12.2 Å². The van der Waals surface area contributed by atoms with Crippen LogP contribution in [0.5, 0.6) is 0 Å². The predicted octanol–water partition coefficient (Wildman–Crippen LogP) is 1.52. The number of hydrogen-bond acceptors (Lipinski definition) is 3. The monoisotopic (exact) mass is 254 g/mol. The fourth-order valence-corrected chi connectivity index (χ4v) is 2.24. The number of rotatable bonds is 4. The summed E-state index contributed by atoms with van der Waals surface area (Å²) in [5.74, 6) is -0.334. The molecule has 17 heavy (non-hydrogen) atoms. The maximum atomic E-state index is 12.1. The molecular formula is C12H18N2O2S. The highest BCUT2D eigenvalue weighted by Gasteiger charge is 2.48. The van der Waals surface area contributed by atoms with E-state index in [9.17, 15) is 9.59 Å². The zero-order valence-corrected chi connectivity index (χ0v) is 11.2. The van der Waals surface area contributed by atoms with E-state index in [2.05, 4.69) is 10.6 Å². The predicted molar refractivity (Wildman–Crippen MR) is 70.2 cm³/mol. The summed E-state index contributed by atoms with van der Waals surface area (Å²) >= 11 is 4.81. The number of hydrogen-bond donors (Lipinski definition) is 2. The molecule has 0 radical (unpaired) electrons. The fraction of sp³-hybridized carbons (Fsp3) is 0.583. The summed E-state index contributed by atoms with van der Waals surface area (Å²) in [6, 6.07) is 0. The van der Waals surface area contributed by atoms with Crippen molar-refractivity contribution in [3.63, 3.8) is 0 Å². The van der Waals surface area contributed by atoms with Gasteiger partial charge in [-0.3, -0.25) is 9.59 Å². The van der Waals surface area contributed by atoms with Gasteiger partial charge in [-0.1, -0.05) is 26.0 Å². The van der Waals surface area contributed by atoms with Gasteiger partial charge in [0.05, 0.1) is 0 Å². The Balaban J connectivity index is 3.05. The molecule has 1 heterocycles. The molecule has 2 amide bonds. The van der Waals surface area contributed by atoms with Crippen LogP contribution in [0.4, 0.5) is 0 Å². The zero-order valence-electron chi connectivity index (χ0n) is 10.4. The molecular weight excluding hydrogens is 236 g/mol. The van der Waals surface area contributed by atoms with Crippen LogP contribution in [0.25, 0.3) is 0 Å². The number of amides is 2. The molecule has 0 spiro atoms. The molecule has 1 rings (SSSR count). The van der Waals surface area contributed by atoms with Gasteiger partial charge in [-0.2, -0.15) is 0 Å². The highest BCUT2D eigenvalue weighted by molar-refractivity contribution is 7.80. The van der Waals surface area contributed by atoms with Crippen molar-refractivity contribution >= 4 is 29.1 Å². The molecule has 1 aliphatic heterocycles. The van der Waals surface area contributed by atoms with E-state index in [-0.39, 0.29) is 22.8 Å². The Labute approximate surface area is 107 Å². The normalized spacial score (nSPS) is 19.6. The second-order valence-corrected chi connectivity index (χ2v) is 5.10. The van der Waals surface area contributed by atoms with Crippen LogP contribution in [-0.4, -0.2) is 16.9 Å². The van der Waals surface area contributed by atoms with Crippen molar-refractivity contribution in [2.24, 2.45) is 11.3 Å². The van der Waals surface area contributed by atoms with Crippen molar-refractivity contribution in [3.8, 4) is 0 Å². The Hall–Kier alpha value is -1.23. The van der Waals surface area contributed by atoms with E-state index in [4.69, 9.17) is 12.2 Å². The summed E-state index contributed by atoms with van der Waals surface area (Å²) in [6.45, 7) is 5.85. The van der Waals surface area contributed by atoms with Crippen molar-refractivity contribution in [3.05, 3.63) is 12.2 Å². The second-order valence-electron chi connectivity index (χ2n) is 4.69. The largest absolute Gasteiger partial charge is 0.302 e. The van der Waals surface area contributed by atoms with Crippen LogP contribution >= 0.6 is 12.2 Å². The van der Waals surface area contributed by atoms with Gasteiger partial charge in [0.15, 0.2) is 5.11 Å². The zero-order chi connectivity index (χ0) is 13.1. The maximum Gasteiger partial charge on any atom is 0.242 e. The summed E-state index contributed by atoms with van der Waals surface area (Å²) in [5.41, 5.74) is -1.02. The van der Waals surface area contributed by atoms with Crippen molar-refractivity contribution in [2.45, 2.75) is 33.6 Å². The lowest BCUT2D eigenvalue weighted by atomic mass is 9.74. The molecule has 0 bridgehead atoms. The third-order valence-electron chi connectivity index (χ3n) is 2.78. The Morgan fingerprint density at radius 2 is 1.82 bits per heavy atom. The molecule has 1 saturated heterocycles. The van der Waals surface area contributed by atoms with Crippen LogP contribution in [0.2, 0.25) is 0 Å². The Bertz CT molecular complexity index is 355. The number of allylic oxidation sites excluding steroid dienone is 2. The standard InChI is InChI=1S/C12H18N2O2S/c1-4-5-6-12(7-8(2)3)9(15)13-11(17)14-10(12)16/h4-5,8H,6-7H2,1-3H3,(H2,13,14,15,16,17). The van der Waals surface area contributed by atoms with Gasteiger partial charge in [-0.15, -0.1) is 0 Å². The molecule has 0 atom stereocenters. The molecule has 0 aliphatic carbocycles. The minimum atomic E-state index is -1.02. The highest BCUT2D eigenvalue weighted by atomic mass is 32.1. The smallest absolute Gasteiger partial charge is 0.242 e. The molecule has 94 valence electrons. The summed E-state index contributed by atoms with van der Waals surface area (Å²) in [5, 5.41) is 5.18. The molecule has 0 aromatic carbocycles. The van der Waals surface area contributed by atoms with Crippen molar-refractivity contribution in [2.75, 3.05) is 0 Å². The number of thiocarbonyl (C=S) groups is 1. The van der Waals surface area contributed by atoms with E-state index < -0.39 is 5.41 Å². The summed E-state index contributed by atoms with van der Waals surface area (Å²) in [7, 11) is 0. The van der Waals surface area contributed by atoms with Gasteiger partial charge < -0.3 is 10.6 Å². The van der Waals surface area contributed by atoms with Gasteiger partial charge in [0.2, 0.25) is 11.8 Å². The molecule has 0 aromatic heterocycles. The first kappa shape index (κ1) is 13.8. The van der Waals surface area contributed by atoms with Gasteiger partial charge in [0, 0.05) is 0 Å². The van der Waals surface area contributed by atoms with E-state index in [1.165, 1.54) is 0 Å². The first-order valence-corrected chi connectivity index (χ1v) is 6.11. The van der Waals surface area contributed by atoms with Crippen LogP contribution < -0.4 is 10.6 Å². The Kier molecular flexibility index (Phi) is 4.40. The van der Waals surface area contributed by atoms with Crippen molar-refractivity contribution < 1.29 is 9.59 Å². The number of carbonyl (C=O) groups excluding carboxylic acids is 2. The molecule has 5 heteroatoms. The Morgan fingerprint density at radius 1 is 1.29 bits per heavy atom. The van der Waals surface area contributed by atoms with E-state index >= 15 is 0 Å². The minimum absolute atomic E-state index is 0.0971. The first-order valence-electron chi connectivity index (χ1n) is 5.70. The SMILES string of the molecule is CC=CCC1(CC(C)C)C(=O)NC(=S)NC1=O. The van der Waals surface area contributed by atoms with Gasteiger partial charge >= 0.3 is 0 Å². The van der Waals surface area contributed by atoms with Crippen molar-refractivity contribution in [1.82, 2.24) is 10.6 Å². The molecule has 0 unspecified atom stereocenters. The van der Waals surface area contributed by atoms with E-state index in [1.54, 1.807) is 0 Å². The third kappa shape index (κ3) is 2.91. The Morgan fingerprint density at radius 3 is 2.24 bits per heavy atom. The van der Waals surface area contributed by atoms with Gasteiger partial charge in [-0.25, -0.2) is 0 Å². The quantitative estimate of drug-likeness (QED) is 0.454. The number of nitrogens with one attached hydrogen (secondary N) is 2. The van der Waals surface area contributed by atoms with Crippen LogP contribution in [-0.2, 0) is 9.59 Å². The van der Waals surface area contributed by atoms with E-state index in [0.29, 0.717) is 12.8 Å². The lowest BCUT2D eigenvalue weighted by molar-refractivity contribution is -0.144. The third-order valence-corrected chi connectivity index (χ3v) is 2.99. The molecule has 1 aliphatic rings. The molecule has 0 aromatic rings. The topological polar surface area (TPSA) is 58.2 Å². The molecule has 1 fully saturated rings. The van der Waals surface area contributed by atoms with E-state index in [0.717, 1.165) is 0 Å². The molecule has 4 nitrogen and oxygen atoms in total. The average Bonchev–Trinajstić information content (AvgIpc) is 2.21. The fourth-order valence-electron chi connectivity index (χ4n) is 2.05. The molecule has 2 N–H and O–H groups in total. The van der Waals surface area contributed by atoms with Crippen LogP contribution in [0.3, 0.4) is 0 Å². The van der Waals surface area contributed by atoms with Crippen LogP contribution in [0, 0.1) is 11.3 Å². The van der Waals surface area contributed by atoms with E-state index in [1.807, 2.05) is 32.9 Å². The van der Waals surface area contributed by atoms with Gasteiger partial charge in [0.1, 0.15) is 5.41 Å². The summed E-state index contributed by atoms with van der Waals surface area (Å²) < 4.78 is 0. The first-order chi connectivity index (χ1) is 7.92. The lowest BCUT2D eigenvalue weighted by Crippen LogP contribution is -2.62. The van der Waals surface area contributed by atoms with Gasteiger partial charge in [0.25, 0.3) is 0 Å². The number of carbonyl (C=O) groups is 2. The highest BCUT2D eigenvalue weighted by Crippen LogP contribution is 2.33. The summed E-state index contributed by atoms with van der Waals surface area (Å²) in [6.07, 6.45) is 4.60. The van der Waals surface area contributed by atoms with Crippen LogP contribution in [0.1, 0.15) is 33.6 Å². The maximum absolute atomic E-state index is 12.1. The summed E-state index contributed by atoms with van der Waals surface area (Å²) in [4.78, 5) is 24.2. The molecule has 0 saturated carbocycles. The lowest BCUT2D eigenvalue weighted by Gasteiger charge is -2.35. The van der Waals surface area contributed by atoms with Crippen molar-refractivity contribution in [1.29, 1.82) is 0 Å². The average molecular weight is 254 g/mol.